The Balaban J connectivity index is 1.64. The second-order valence-electron chi connectivity index (χ2n) is 5.81. The van der Waals surface area contributed by atoms with Gasteiger partial charge in [0.15, 0.2) is 0 Å². The van der Waals surface area contributed by atoms with Crippen LogP contribution in [0.1, 0.15) is 57.3 Å². The van der Waals surface area contributed by atoms with Crippen molar-refractivity contribution in [3.63, 3.8) is 0 Å². The summed E-state index contributed by atoms with van der Waals surface area (Å²) >= 11 is 0. The Morgan fingerprint density at radius 3 is 2.90 bits per heavy atom. The van der Waals surface area contributed by atoms with E-state index < -0.39 is 6.10 Å². The number of rotatable bonds is 7. The molecule has 2 N–H and O–H groups in total. The molecule has 0 radical (unpaired) electrons. The number of aliphatic hydroxyl groups excluding tert-OH is 1. The lowest BCUT2D eigenvalue weighted by molar-refractivity contribution is -0.129. The molecule has 1 aromatic rings. The van der Waals surface area contributed by atoms with Gasteiger partial charge in [-0.15, -0.1) is 0 Å². The molecular weight excluding hydrogens is 270 g/mol. The van der Waals surface area contributed by atoms with Crippen molar-refractivity contribution in [1.82, 2.24) is 5.32 Å². The van der Waals surface area contributed by atoms with Crippen LogP contribution in [-0.2, 0) is 9.53 Å². The van der Waals surface area contributed by atoms with E-state index in [0.29, 0.717) is 12.2 Å². The lowest BCUT2D eigenvalue weighted by atomic mass is 9.98. The van der Waals surface area contributed by atoms with E-state index in [9.17, 15) is 9.90 Å². The van der Waals surface area contributed by atoms with Gasteiger partial charge in [0.2, 0.25) is 5.91 Å². The van der Waals surface area contributed by atoms with Crippen molar-refractivity contribution < 1.29 is 19.1 Å². The van der Waals surface area contributed by atoms with Gasteiger partial charge in [0.05, 0.1) is 12.4 Å². The number of hydrogen-bond donors (Lipinski definition) is 2. The van der Waals surface area contributed by atoms with Crippen molar-refractivity contribution in [1.29, 1.82) is 0 Å². The van der Waals surface area contributed by atoms with Crippen molar-refractivity contribution in [2.75, 3.05) is 6.61 Å². The maximum Gasteiger partial charge on any atom is 0.246 e. The maximum absolute atomic E-state index is 11.8. The van der Waals surface area contributed by atoms with Crippen LogP contribution in [0.15, 0.2) is 22.8 Å². The molecule has 0 aromatic carbocycles. The van der Waals surface area contributed by atoms with Crippen LogP contribution in [0.3, 0.4) is 0 Å². The summed E-state index contributed by atoms with van der Waals surface area (Å²) in [5, 5.41) is 12.8. The Morgan fingerprint density at radius 2 is 2.24 bits per heavy atom. The second kappa shape index (κ2) is 8.20. The number of furan rings is 1. The van der Waals surface area contributed by atoms with Crippen LogP contribution < -0.4 is 5.32 Å². The Morgan fingerprint density at radius 1 is 1.48 bits per heavy atom. The van der Waals surface area contributed by atoms with Gasteiger partial charge in [0.25, 0.3) is 0 Å². The van der Waals surface area contributed by atoms with Crippen LogP contribution in [-0.4, -0.2) is 29.8 Å². The number of ether oxygens (including phenoxy) is 1. The van der Waals surface area contributed by atoms with Gasteiger partial charge in [-0.1, -0.05) is 19.3 Å². The number of aliphatic hydroxyl groups is 1. The third kappa shape index (κ3) is 5.52. The Kier molecular flexibility index (Phi) is 6.26. The molecule has 1 fully saturated rings. The number of amides is 1. The Hall–Kier alpha value is -1.33. The van der Waals surface area contributed by atoms with E-state index in [1.165, 1.54) is 25.5 Å². The smallest absolute Gasteiger partial charge is 0.246 e. The van der Waals surface area contributed by atoms with Crippen molar-refractivity contribution in [3.05, 3.63) is 24.2 Å². The highest BCUT2D eigenvalue weighted by Crippen LogP contribution is 2.20. The molecule has 2 rings (SSSR count). The van der Waals surface area contributed by atoms with E-state index in [1.807, 2.05) is 6.92 Å². The minimum Gasteiger partial charge on any atom is -0.467 e. The van der Waals surface area contributed by atoms with Crippen molar-refractivity contribution in [2.45, 2.75) is 63.7 Å². The quantitative estimate of drug-likeness (QED) is 0.811. The molecule has 21 heavy (non-hydrogen) atoms. The van der Waals surface area contributed by atoms with Gasteiger partial charge in [-0.05, 0) is 31.9 Å². The first-order valence-corrected chi connectivity index (χ1v) is 7.77. The van der Waals surface area contributed by atoms with Crippen LogP contribution in [0, 0.1) is 0 Å². The highest BCUT2D eigenvalue weighted by atomic mass is 16.5. The normalized spacial score (nSPS) is 19.1. The lowest BCUT2D eigenvalue weighted by Gasteiger charge is -2.22. The predicted octanol–water partition coefficient (Wildman–Crippen LogP) is 2.56. The molecule has 118 valence electrons. The zero-order valence-corrected chi connectivity index (χ0v) is 12.6. The summed E-state index contributed by atoms with van der Waals surface area (Å²) in [5.74, 6) is 0.397. The van der Waals surface area contributed by atoms with Crippen molar-refractivity contribution in [3.8, 4) is 0 Å². The van der Waals surface area contributed by atoms with E-state index in [2.05, 4.69) is 5.32 Å². The third-order valence-electron chi connectivity index (χ3n) is 3.86. The molecule has 0 aliphatic heterocycles. The molecule has 2 unspecified atom stereocenters. The zero-order chi connectivity index (χ0) is 15.1. The molecule has 5 nitrogen and oxygen atoms in total. The zero-order valence-electron chi connectivity index (χ0n) is 12.6. The molecule has 1 saturated carbocycles. The molecule has 2 atom stereocenters. The molecule has 1 amide bonds. The van der Waals surface area contributed by atoms with Gasteiger partial charge in [0, 0.05) is 12.5 Å². The van der Waals surface area contributed by atoms with Crippen LogP contribution in [0.25, 0.3) is 0 Å². The standard InChI is InChI=1S/C16H25NO4/c1-12(10-14(18)15-8-5-9-20-15)17-16(19)11-21-13-6-3-2-4-7-13/h5,8-9,12-14,18H,2-4,6-7,10-11H2,1H3,(H,17,19). The average Bonchev–Trinajstić information content (AvgIpc) is 3.00. The molecule has 1 aliphatic rings. The Labute approximate surface area is 125 Å². The number of carbonyl (C=O) groups is 1. The molecule has 1 aliphatic carbocycles. The summed E-state index contributed by atoms with van der Waals surface area (Å²) in [4.78, 5) is 11.8. The number of carbonyl (C=O) groups excluding carboxylic acids is 1. The van der Waals surface area contributed by atoms with Gasteiger partial charge in [-0.25, -0.2) is 0 Å². The molecule has 5 heteroatoms. The van der Waals surface area contributed by atoms with E-state index in [-0.39, 0.29) is 24.7 Å². The first-order valence-electron chi connectivity index (χ1n) is 7.77. The molecule has 1 aromatic heterocycles. The third-order valence-corrected chi connectivity index (χ3v) is 3.86. The van der Waals surface area contributed by atoms with E-state index >= 15 is 0 Å². The fourth-order valence-corrected chi connectivity index (χ4v) is 2.73. The minimum atomic E-state index is -0.699. The van der Waals surface area contributed by atoms with Crippen LogP contribution >= 0.6 is 0 Å². The van der Waals surface area contributed by atoms with Gasteiger partial charge in [0.1, 0.15) is 18.5 Å². The molecule has 0 bridgehead atoms. The summed E-state index contributed by atoms with van der Waals surface area (Å²) in [5.41, 5.74) is 0. The summed E-state index contributed by atoms with van der Waals surface area (Å²) in [6.45, 7) is 1.97. The van der Waals surface area contributed by atoms with Gasteiger partial charge in [-0.3, -0.25) is 4.79 Å². The van der Waals surface area contributed by atoms with E-state index in [1.54, 1.807) is 12.1 Å². The van der Waals surface area contributed by atoms with Gasteiger partial charge >= 0.3 is 0 Å². The van der Waals surface area contributed by atoms with Crippen LogP contribution in [0.4, 0.5) is 0 Å². The van der Waals surface area contributed by atoms with Crippen LogP contribution in [0.2, 0.25) is 0 Å². The topological polar surface area (TPSA) is 71.7 Å². The first-order chi connectivity index (χ1) is 10.1. The largest absolute Gasteiger partial charge is 0.467 e. The average molecular weight is 295 g/mol. The van der Waals surface area contributed by atoms with Crippen molar-refractivity contribution >= 4 is 5.91 Å². The second-order valence-corrected chi connectivity index (χ2v) is 5.81. The van der Waals surface area contributed by atoms with Gasteiger partial charge in [-0.2, -0.15) is 0 Å². The predicted molar refractivity (Wildman–Crippen MR) is 78.7 cm³/mol. The number of hydrogen-bond acceptors (Lipinski definition) is 4. The highest BCUT2D eigenvalue weighted by molar-refractivity contribution is 5.77. The summed E-state index contributed by atoms with van der Waals surface area (Å²) < 4.78 is 10.8. The molecular formula is C16H25NO4. The summed E-state index contributed by atoms with van der Waals surface area (Å²) in [6, 6.07) is 3.33. The minimum absolute atomic E-state index is 0.103. The highest BCUT2D eigenvalue weighted by Gasteiger charge is 2.18. The Bertz CT molecular complexity index is 412. The molecule has 0 saturated heterocycles. The number of nitrogens with one attached hydrogen (secondary N) is 1. The summed E-state index contributed by atoms with van der Waals surface area (Å²) in [6.07, 6.45) is 7.25. The SMILES string of the molecule is CC(CC(O)c1ccco1)NC(=O)COC1CCCCC1. The van der Waals surface area contributed by atoms with Crippen LogP contribution in [0.5, 0.6) is 0 Å². The summed E-state index contributed by atoms with van der Waals surface area (Å²) in [7, 11) is 0. The van der Waals surface area contributed by atoms with Gasteiger partial charge < -0.3 is 19.6 Å². The fraction of sp³-hybridized carbons (Fsp3) is 0.688. The molecule has 1 heterocycles. The van der Waals surface area contributed by atoms with Crippen molar-refractivity contribution in [2.24, 2.45) is 0 Å². The lowest BCUT2D eigenvalue weighted by Crippen LogP contribution is -2.37. The van der Waals surface area contributed by atoms with E-state index in [4.69, 9.17) is 9.15 Å². The maximum atomic E-state index is 11.8. The van der Waals surface area contributed by atoms with E-state index in [0.717, 1.165) is 12.8 Å². The first kappa shape index (κ1) is 16.0. The molecule has 0 spiro atoms. The monoisotopic (exact) mass is 295 g/mol. The fourth-order valence-electron chi connectivity index (χ4n) is 2.73.